The van der Waals surface area contributed by atoms with Crippen LogP contribution >= 0.6 is 11.8 Å². The number of rotatable bonds is 6. The number of carbonyl (C=O) groups is 2. The summed E-state index contributed by atoms with van der Waals surface area (Å²) in [4.78, 5) is 23.4. The Morgan fingerprint density at radius 3 is 2.28 bits per heavy atom. The van der Waals surface area contributed by atoms with Gasteiger partial charge in [-0.3, -0.25) is 9.59 Å². The fourth-order valence-corrected chi connectivity index (χ4v) is 2.23. The Bertz CT molecular complexity index is 428. The van der Waals surface area contributed by atoms with E-state index in [1.807, 2.05) is 12.1 Å². The number of carboxylic acids is 1. The van der Waals surface area contributed by atoms with Crippen LogP contribution in [0.15, 0.2) is 29.2 Å². The Hall–Kier alpha value is -1.33. The largest absolute Gasteiger partial charge is 0.480 e. The van der Waals surface area contributed by atoms with Crippen molar-refractivity contribution in [1.29, 1.82) is 0 Å². The predicted octanol–water partition coefficient (Wildman–Crippen LogP) is 2.17. The van der Waals surface area contributed by atoms with Gasteiger partial charge in [-0.25, -0.2) is 0 Å². The molecule has 1 rings (SSSR count). The van der Waals surface area contributed by atoms with Gasteiger partial charge in [0.15, 0.2) is 5.78 Å². The van der Waals surface area contributed by atoms with E-state index in [9.17, 15) is 9.59 Å². The molecule has 0 heterocycles. The lowest BCUT2D eigenvalue weighted by atomic mass is 10.0. The molecule has 0 fully saturated rings. The van der Waals surface area contributed by atoms with Crippen LogP contribution in [0.2, 0.25) is 0 Å². The third kappa shape index (κ3) is 4.50. The molecule has 0 spiro atoms. The Morgan fingerprint density at radius 2 is 1.83 bits per heavy atom. The maximum absolute atomic E-state index is 11.7. The number of benzene rings is 1. The fourth-order valence-electron chi connectivity index (χ4n) is 1.40. The minimum absolute atomic E-state index is 0.175. The number of hydrogen-bond acceptors (Lipinski definition) is 4. The van der Waals surface area contributed by atoms with Gasteiger partial charge in [0, 0.05) is 22.1 Å². The minimum atomic E-state index is -1.16. The van der Waals surface area contributed by atoms with Crippen molar-refractivity contribution in [3.8, 4) is 0 Å². The van der Waals surface area contributed by atoms with Gasteiger partial charge in [0.1, 0.15) is 6.04 Å². The van der Waals surface area contributed by atoms with Crippen LogP contribution in [0.1, 0.15) is 30.6 Å². The van der Waals surface area contributed by atoms with Crippen molar-refractivity contribution >= 4 is 23.5 Å². The minimum Gasteiger partial charge on any atom is -0.480 e. The summed E-state index contributed by atoms with van der Waals surface area (Å²) in [6, 6.07) is 6.01. The molecule has 0 aliphatic rings. The second kappa shape index (κ2) is 6.56. The highest BCUT2D eigenvalue weighted by Crippen LogP contribution is 2.23. The van der Waals surface area contributed by atoms with Gasteiger partial charge in [0.2, 0.25) is 0 Å². The van der Waals surface area contributed by atoms with Crippen LogP contribution in [-0.2, 0) is 4.79 Å². The molecule has 0 radical (unpaired) electrons. The molecule has 0 aliphatic heterocycles. The monoisotopic (exact) mass is 267 g/mol. The Labute approximate surface area is 111 Å². The van der Waals surface area contributed by atoms with Crippen molar-refractivity contribution in [3.05, 3.63) is 29.8 Å². The summed E-state index contributed by atoms with van der Waals surface area (Å²) < 4.78 is 0. The SMILES string of the molecule is CC(C)Sc1ccc(C(=O)CC(N)C(=O)O)cc1. The zero-order valence-electron chi connectivity index (χ0n) is 10.4. The third-order valence-corrected chi connectivity index (χ3v) is 3.29. The van der Waals surface area contributed by atoms with E-state index >= 15 is 0 Å². The quantitative estimate of drug-likeness (QED) is 0.610. The Morgan fingerprint density at radius 1 is 1.28 bits per heavy atom. The molecular formula is C13H17NO3S. The zero-order chi connectivity index (χ0) is 13.7. The maximum atomic E-state index is 11.7. The zero-order valence-corrected chi connectivity index (χ0v) is 11.2. The highest BCUT2D eigenvalue weighted by Gasteiger charge is 2.17. The first-order valence-corrected chi connectivity index (χ1v) is 6.56. The van der Waals surface area contributed by atoms with Crippen molar-refractivity contribution < 1.29 is 14.7 Å². The van der Waals surface area contributed by atoms with Gasteiger partial charge in [-0.1, -0.05) is 26.0 Å². The van der Waals surface area contributed by atoms with E-state index < -0.39 is 12.0 Å². The molecule has 98 valence electrons. The second-order valence-corrected chi connectivity index (χ2v) is 5.91. The first-order chi connectivity index (χ1) is 8.40. The van der Waals surface area contributed by atoms with Crippen molar-refractivity contribution in [2.75, 3.05) is 0 Å². The van der Waals surface area contributed by atoms with Crippen molar-refractivity contribution in [3.63, 3.8) is 0 Å². The summed E-state index contributed by atoms with van der Waals surface area (Å²) in [6.07, 6.45) is -0.175. The number of carbonyl (C=O) groups excluding carboxylic acids is 1. The van der Waals surface area contributed by atoms with Gasteiger partial charge in [0.25, 0.3) is 0 Å². The van der Waals surface area contributed by atoms with Gasteiger partial charge in [-0.05, 0) is 12.1 Å². The average molecular weight is 267 g/mol. The van der Waals surface area contributed by atoms with E-state index in [0.29, 0.717) is 10.8 Å². The Kier molecular flexibility index (Phi) is 5.37. The number of ketones is 1. The summed E-state index contributed by atoms with van der Waals surface area (Å²) in [5, 5.41) is 9.12. The number of aliphatic carboxylic acids is 1. The molecule has 0 bridgehead atoms. The van der Waals surface area contributed by atoms with Gasteiger partial charge >= 0.3 is 5.97 Å². The van der Waals surface area contributed by atoms with Crippen molar-refractivity contribution in [2.45, 2.75) is 36.5 Å². The predicted molar refractivity (Wildman–Crippen MR) is 72.0 cm³/mol. The lowest BCUT2D eigenvalue weighted by molar-refractivity contribution is -0.138. The van der Waals surface area contributed by atoms with Crippen LogP contribution < -0.4 is 5.73 Å². The lowest BCUT2D eigenvalue weighted by Gasteiger charge is -2.07. The van der Waals surface area contributed by atoms with E-state index in [1.165, 1.54) is 0 Å². The molecule has 1 unspecified atom stereocenters. The lowest BCUT2D eigenvalue weighted by Crippen LogP contribution is -2.32. The molecular weight excluding hydrogens is 250 g/mol. The molecule has 0 saturated carbocycles. The summed E-state index contributed by atoms with van der Waals surface area (Å²) in [5.41, 5.74) is 5.83. The van der Waals surface area contributed by atoms with E-state index in [4.69, 9.17) is 10.8 Å². The van der Waals surface area contributed by atoms with Crippen LogP contribution in [0.4, 0.5) is 0 Å². The molecule has 3 N–H and O–H groups in total. The molecule has 4 nitrogen and oxygen atoms in total. The first-order valence-electron chi connectivity index (χ1n) is 5.68. The molecule has 5 heteroatoms. The standard InChI is InChI=1S/C13H17NO3S/c1-8(2)18-10-5-3-9(4-6-10)12(15)7-11(14)13(16)17/h3-6,8,11H,7,14H2,1-2H3,(H,16,17). The van der Waals surface area contributed by atoms with E-state index in [2.05, 4.69) is 13.8 Å². The van der Waals surface area contributed by atoms with E-state index in [1.54, 1.807) is 23.9 Å². The van der Waals surface area contributed by atoms with Gasteiger partial charge in [0.05, 0.1) is 0 Å². The highest BCUT2D eigenvalue weighted by atomic mass is 32.2. The molecule has 18 heavy (non-hydrogen) atoms. The fraction of sp³-hybridized carbons (Fsp3) is 0.385. The average Bonchev–Trinajstić information content (AvgIpc) is 2.28. The van der Waals surface area contributed by atoms with Crippen LogP contribution in [0.25, 0.3) is 0 Å². The van der Waals surface area contributed by atoms with Crippen LogP contribution in [0.5, 0.6) is 0 Å². The number of hydrogen-bond donors (Lipinski definition) is 2. The van der Waals surface area contributed by atoms with Crippen molar-refractivity contribution in [2.24, 2.45) is 5.73 Å². The van der Waals surface area contributed by atoms with Crippen molar-refractivity contribution in [1.82, 2.24) is 0 Å². The number of nitrogens with two attached hydrogens (primary N) is 1. The molecule has 1 aromatic carbocycles. The maximum Gasteiger partial charge on any atom is 0.320 e. The van der Waals surface area contributed by atoms with Crippen LogP contribution in [-0.4, -0.2) is 28.2 Å². The number of Topliss-reactive ketones (excluding diaryl/α,β-unsaturated/α-hetero) is 1. The normalized spacial score (nSPS) is 12.4. The smallest absolute Gasteiger partial charge is 0.320 e. The highest BCUT2D eigenvalue weighted by molar-refractivity contribution is 7.99. The van der Waals surface area contributed by atoms with Gasteiger partial charge < -0.3 is 10.8 Å². The summed E-state index contributed by atoms with van der Waals surface area (Å²) >= 11 is 1.71. The van der Waals surface area contributed by atoms with Gasteiger partial charge in [-0.2, -0.15) is 0 Å². The topological polar surface area (TPSA) is 80.4 Å². The molecule has 0 aromatic heterocycles. The molecule has 1 atom stereocenters. The summed E-state index contributed by atoms with van der Waals surface area (Å²) in [7, 11) is 0. The van der Waals surface area contributed by atoms with Crippen LogP contribution in [0, 0.1) is 0 Å². The number of thioether (sulfide) groups is 1. The molecule has 0 saturated heterocycles. The van der Waals surface area contributed by atoms with E-state index in [0.717, 1.165) is 4.90 Å². The summed E-state index contributed by atoms with van der Waals surface area (Å²) in [6.45, 7) is 4.19. The molecule has 0 aliphatic carbocycles. The molecule has 0 amide bonds. The first kappa shape index (κ1) is 14.7. The molecule has 1 aromatic rings. The van der Waals surface area contributed by atoms with Gasteiger partial charge in [-0.15, -0.1) is 11.8 Å². The number of carboxylic acid groups (broad SMARTS) is 1. The Balaban J connectivity index is 2.67. The third-order valence-electron chi connectivity index (χ3n) is 2.27. The van der Waals surface area contributed by atoms with E-state index in [-0.39, 0.29) is 12.2 Å². The second-order valence-electron chi connectivity index (χ2n) is 4.26. The van der Waals surface area contributed by atoms with Crippen LogP contribution in [0.3, 0.4) is 0 Å². The summed E-state index contributed by atoms with van der Waals surface area (Å²) in [5.74, 6) is -1.40.